The van der Waals surface area contributed by atoms with E-state index in [-0.39, 0.29) is 0 Å². The van der Waals surface area contributed by atoms with Gasteiger partial charge < -0.3 is 4.57 Å². The summed E-state index contributed by atoms with van der Waals surface area (Å²) < 4.78 is 5.03. The van der Waals surface area contributed by atoms with Crippen LogP contribution in [-0.2, 0) is 0 Å². The summed E-state index contributed by atoms with van der Waals surface area (Å²) in [6.07, 6.45) is 3.99. The lowest BCUT2D eigenvalue weighted by Crippen LogP contribution is -1.98. The van der Waals surface area contributed by atoms with Gasteiger partial charge in [0.05, 0.1) is 21.6 Å². The van der Waals surface area contributed by atoms with E-state index in [0.717, 1.165) is 16.9 Å². The fourth-order valence-electron chi connectivity index (χ4n) is 6.37. The van der Waals surface area contributed by atoms with Crippen LogP contribution in [0, 0.1) is 0 Å². The molecule has 0 N–H and O–H groups in total. The third-order valence-corrected chi connectivity index (χ3v) is 9.07. The standard InChI is InChI=1S/C36H23NS/c1-3-24-29(4-2)37(30-19-11-14-22-12-5-7-15-25(22)30)35-32(24)27-17-9-10-18-28(27)34-33-26-16-8-6-13-23(26)20-21-31(33)38-36(34)35/h3-21H,1-2H2. The predicted octanol–water partition coefficient (Wildman–Crippen LogP) is 10.7. The number of rotatable bonds is 3. The van der Waals surface area contributed by atoms with E-state index >= 15 is 0 Å². The maximum atomic E-state index is 4.28. The van der Waals surface area contributed by atoms with Gasteiger partial charge >= 0.3 is 0 Å². The average Bonchev–Trinajstić information content (AvgIpc) is 3.53. The van der Waals surface area contributed by atoms with Crippen molar-refractivity contribution >= 4 is 86.9 Å². The van der Waals surface area contributed by atoms with Crippen molar-refractivity contribution in [3.8, 4) is 5.69 Å². The number of benzene rings is 6. The smallest absolute Gasteiger partial charge is 0.0726 e. The summed E-state index contributed by atoms with van der Waals surface area (Å²) in [4.78, 5) is 0. The topological polar surface area (TPSA) is 4.93 Å². The third-order valence-electron chi connectivity index (χ3n) is 7.91. The van der Waals surface area contributed by atoms with Gasteiger partial charge in [-0.25, -0.2) is 0 Å². The van der Waals surface area contributed by atoms with Crippen LogP contribution in [0.5, 0.6) is 0 Å². The molecule has 0 bridgehead atoms. The summed E-state index contributed by atoms with van der Waals surface area (Å²) in [6.45, 7) is 8.55. The molecule has 0 saturated heterocycles. The zero-order valence-electron chi connectivity index (χ0n) is 20.7. The Balaban J connectivity index is 1.73. The molecule has 0 atom stereocenters. The normalized spacial score (nSPS) is 11.9. The van der Waals surface area contributed by atoms with Gasteiger partial charge in [-0.2, -0.15) is 0 Å². The Morgan fingerprint density at radius 1 is 0.553 bits per heavy atom. The van der Waals surface area contributed by atoms with Crippen LogP contribution >= 0.6 is 11.3 Å². The monoisotopic (exact) mass is 501 g/mol. The quantitative estimate of drug-likeness (QED) is 0.227. The predicted molar refractivity (Wildman–Crippen MR) is 169 cm³/mol. The van der Waals surface area contributed by atoms with E-state index < -0.39 is 0 Å². The van der Waals surface area contributed by atoms with Gasteiger partial charge in [0, 0.05) is 31.8 Å². The minimum absolute atomic E-state index is 1.08. The van der Waals surface area contributed by atoms with Gasteiger partial charge in [0.1, 0.15) is 0 Å². The maximum absolute atomic E-state index is 4.28. The summed E-state index contributed by atoms with van der Waals surface area (Å²) in [5, 5.41) is 11.5. The SMILES string of the molecule is C=Cc1c(C=C)n(-c2cccc3ccccc23)c2c3sc4ccc5ccccc5c4c3c3ccccc3c12. The van der Waals surface area contributed by atoms with Crippen molar-refractivity contribution in [2.24, 2.45) is 0 Å². The Morgan fingerprint density at radius 3 is 1.92 bits per heavy atom. The van der Waals surface area contributed by atoms with Gasteiger partial charge in [-0.3, -0.25) is 0 Å². The molecule has 1 nitrogen and oxygen atoms in total. The molecule has 0 amide bonds. The van der Waals surface area contributed by atoms with E-state index in [9.17, 15) is 0 Å². The molecule has 0 aliphatic rings. The molecule has 8 aromatic rings. The van der Waals surface area contributed by atoms with Crippen LogP contribution in [-0.4, -0.2) is 4.57 Å². The average molecular weight is 502 g/mol. The highest BCUT2D eigenvalue weighted by Crippen LogP contribution is 2.49. The largest absolute Gasteiger partial charge is 0.307 e. The van der Waals surface area contributed by atoms with Gasteiger partial charge in [0.2, 0.25) is 0 Å². The molecule has 6 aromatic carbocycles. The fraction of sp³-hybridized carbons (Fsp3) is 0. The molecule has 178 valence electrons. The van der Waals surface area contributed by atoms with Crippen molar-refractivity contribution in [1.82, 2.24) is 4.57 Å². The van der Waals surface area contributed by atoms with E-state index in [0.29, 0.717) is 0 Å². The molecule has 0 aliphatic carbocycles. The highest BCUT2D eigenvalue weighted by Gasteiger charge is 2.24. The van der Waals surface area contributed by atoms with Crippen LogP contribution in [0.3, 0.4) is 0 Å². The molecule has 38 heavy (non-hydrogen) atoms. The highest BCUT2D eigenvalue weighted by atomic mass is 32.1. The van der Waals surface area contributed by atoms with Crippen LogP contribution < -0.4 is 0 Å². The molecular weight excluding hydrogens is 478 g/mol. The van der Waals surface area contributed by atoms with E-state index in [2.05, 4.69) is 121 Å². The maximum Gasteiger partial charge on any atom is 0.0726 e. The van der Waals surface area contributed by atoms with Crippen molar-refractivity contribution in [1.29, 1.82) is 0 Å². The van der Waals surface area contributed by atoms with Crippen molar-refractivity contribution in [2.75, 3.05) is 0 Å². The first-order chi connectivity index (χ1) is 18.8. The first kappa shape index (κ1) is 21.4. The van der Waals surface area contributed by atoms with Gasteiger partial charge in [-0.05, 0) is 45.1 Å². The summed E-state index contributed by atoms with van der Waals surface area (Å²) in [7, 11) is 0. The van der Waals surface area contributed by atoms with E-state index in [1.54, 1.807) is 0 Å². The number of nitrogens with zero attached hydrogens (tertiary/aromatic N) is 1. The zero-order valence-corrected chi connectivity index (χ0v) is 21.6. The molecule has 0 spiro atoms. The second kappa shape index (κ2) is 7.92. The lowest BCUT2D eigenvalue weighted by molar-refractivity contribution is 1.13. The fourth-order valence-corrected chi connectivity index (χ4v) is 7.64. The van der Waals surface area contributed by atoms with E-state index in [1.807, 2.05) is 23.5 Å². The molecule has 0 radical (unpaired) electrons. The lowest BCUT2D eigenvalue weighted by Gasteiger charge is -2.14. The molecule has 0 saturated carbocycles. The second-order valence-corrected chi connectivity index (χ2v) is 10.8. The number of aromatic nitrogens is 1. The van der Waals surface area contributed by atoms with E-state index in [4.69, 9.17) is 0 Å². The Bertz CT molecular complexity index is 2270. The van der Waals surface area contributed by atoms with Crippen molar-refractivity contribution < 1.29 is 0 Å². The number of thiophene rings is 1. The number of hydrogen-bond acceptors (Lipinski definition) is 1. The molecular formula is C36H23NS. The van der Waals surface area contributed by atoms with Gasteiger partial charge in [-0.15, -0.1) is 11.3 Å². The Hall–Kier alpha value is -4.66. The summed E-state index contributed by atoms with van der Waals surface area (Å²) in [5.74, 6) is 0. The molecule has 2 heteroatoms. The second-order valence-electron chi connectivity index (χ2n) is 9.78. The Morgan fingerprint density at radius 2 is 1.18 bits per heavy atom. The third kappa shape index (κ3) is 2.70. The molecule has 0 aliphatic heterocycles. The Kier molecular flexibility index (Phi) is 4.46. The molecule has 2 heterocycles. The van der Waals surface area contributed by atoms with Crippen LogP contribution in [0.4, 0.5) is 0 Å². The minimum atomic E-state index is 1.08. The number of fused-ring (bicyclic) bond motifs is 11. The molecule has 8 rings (SSSR count). The molecule has 0 unspecified atom stereocenters. The number of hydrogen-bond donors (Lipinski definition) is 0. The first-order valence-electron chi connectivity index (χ1n) is 12.9. The van der Waals surface area contributed by atoms with Gasteiger partial charge in [-0.1, -0.05) is 110 Å². The van der Waals surface area contributed by atoms with Crippen molar-refractivity contribution in [3.05, 3.63) is 128 Å². The van der Waals surface area contributed by atoms with Gasteiger partial charge in [0.15, 0.2) is 0 Å². The zero-order chi connectivity index (χ0) is 25.4. The van der Waals surface area contributed by atoms with Crippen molar-refractivity contribution in [2.45, 2.75) is 0 Å². The molecule has 0 fully saturated rings. The summed E-state index contributed by atoms with van der Waals surface area (Å²) >= 11 is 1.89. The molecule has 2 aromatic heterocycles. The highest BCUT2D eigenvalue weighted by molar-refractivity contribution is 7.27. The van der Waals surface area contributed by atoms with Crippen LogP contribution in [0.2, 0.25) is 0 Å². The van der Waals surface area contributed by atoms with Crippen LogP contribution in [0.25, 0.3) is 81.2 Å². The Labute approximate surface area is 224 Å². The summed E-state index contributed by atoms with van der Waals surface area (Å²) in [6, 6.07) is 37.3. The first-order valence-corrected chi connectivity index (χ1v) is 13.7. The van der Waals surface area contributed by atoms with Gasteiger partial charge in [0.25, 0.3) is 0 Å². The van der Waals surface area contributed by atoms with E-state index in [1.165, 1.54) is 63.4 Å². The summed E-state index contributed by atoms with van der Waals surface area (Å²) in [5.41, 5.74) is 4.59. The van der Waals surface area contributed by atoms with Crippen molar-refractivity contribution in [3.63, 3.8) is 0 Å². The van der Waals surface area contributed by atoms with Crippen LogP contribution in [0.1, 0.15) is 11.3 Å². The lowest BCUT2D eigenvalue weighted by atomic mass is 9.96. The minimum Gasteiger partial charge on any atom is -0.307 e. The van der Waals surface area contributed by atoms with Crippen LogP contribution in [0.15, 0.2) is 116 Å².